The molecule has 0 heteroatoms. The molecule has 0 aromatic rings. The zero-order chi connectivity index (χ0) is 8.69. The van der Waals surface area contributed by atoms with Gasteiger partial charge < -0.3 is 0 Å². The van der Waals surface area contributed by atoms with Gasteiger partial charge in [-0.2, -0.15) is 0 Å². The molecule has 0 atom stereocenters. The molecule has 66 valence electrons. The maximum Gasteiger partial charge on any atom is -0.0263 e. The molecular weight excluding hydrogens is 132 g/mol. The minimum Gasteiger partial charge on any atom is -0.0996 e. The SMILES string of the molecule is C=C(CCCCCC)C(C)C. The minimum atomic E-state index is 0.677. The first-order valence-corrected chi connectivity index (χ1v) is 4.86. The van der Waals surface area contributed by atoms with Crippen molar-refractivity contribution in [3.63, 3.8) is 0 Å². The topological polar surface area (TPSA) is 0 Å². The van der Waals surface area contributed by atoms with E-state index in [-0.39, 0.29) is 0 Å². The van der Waals surface area contributed by atoms with Crippen LogP contribution in [0, 0.1) is 5.92 Å². The van der Waals surface area contributed by atoms with E-state index in [1.807, 2.05) is 0 Å². The van der Waals surface area contributed by atoms with Gasteiger partial charge in [0.25, 0.3) is 0 Å². The van der Waals surface area contributed by atoms with Crippen LogP contribution in [0.15, 0.2) is 12.2 Å². The van der Waals surface area contributed by atoms with E-state index in [2.05, 4.69) is 27.4 Å². The molecule has 0 amide bonds. The van der Waals surface area contributed by atoms with Crippen molar-refractivity contribution in [2.75, 3.05) is 0 Å². The van der Waals surface area contributed by atoms with Crippen LogP contribution in [0.4, 0.5) is 0 Å². The van der Waals surface area contributed by atoms with Crippen molar-refractivity contribution in [2.24, 2.45) is 5.92 Å². The summed E-state index contributed by atoms with van der Waals surface area (Å²) in [6, 6.07) is 0. The quantitative estimate of drug-likeness (QED) is 0.398. The van der Waals surface area contributed by atoms with E-state index in [1.165, 1.54) is 37.7 Å². The molecule has 0 heterocycles. The fraction of sp³-hybridized carbons (Fsp3) is 0.818. The molecule has 0 spiro atoms. The van der Waals surface area contributed by atoms with Gasteiger partial charge in [0.15, 0.2) is 0 Å². The molecule has 0 aromatic heterocycles. The van der Waals surface area contributed by atoms with Gasteiger partial charge in [-0.1, -0.05) is 52.2 Å². The fourth-order valence-corrected chi connectivity index (χ4v) is 1.07. The lowest BCUT2D eigenvalue weighted by atomic mass is 9.99. The molecule has 0 aliphatic rings. The van der Waals surface area contributed by atoms with Crippen molar-refractivity contribution >= 4 is 0 Å². The molecule has 0 aliphatic heterocycles. The second-order valence-corrected chi connectivity index (χ2v) is 3.62. The Labute approximate surface area is 71.7 Å². The molecule has 0 N–H and O–H groups in total. The molecular formula is C11H22. The predicted molar refractivity (Wildman–Crippen MR) is 52.7 cm³/mol. The van der Waals surface area contributed by atoms with E-state index in [4.69, 9.17) is 0 Å². The molecule has 11 heavy (non-hydrogen) atoms. The maximum atomic E-state index is 4.05. The van der Waals surface area contributed by atoms with Crippen LogP contribution in [0.2, 0.25) is 0 Å². The zero-order valence-corrected chi connectivity index (χ0v) is 8.32. The van der Waals surface area contributed by atoms with Gasteiger partial charge in [-0.25, -0.2) is 0 Å². The average Bonchev–Trinajstić information content (AvgIpc) is 1.97. The Morgan fingerprint density at radius 3 is 2.27 bits per heavy atom. The number of allylic oxidation sites excluding steroid dienone is 1. The van der Waals surface area contributed by atoms with E-state index in [1.54, 1.807) is 0 Å². The van der Waals surface area contributed by atoms with Crippen LogP contribution in [-0.2, 0) is 0 Å². The summed E-state index contributed by atoms with van der Waals surface area (Å²) in [5.41, 5.74) is 1.42. The van der Waals surface area contributed by atoms with Crippen molar-refractivity contribution in [1.82, 2.24) is 0 Å². The number of hydrogen-bond acceptors (Lipinski definition) is 0. The van der Waals surface area contributed by atoms with Crippen molar-refractivity contribution in [3.05, 3.63) is 12.2 Å². The van der Waals surface area contributed by atoms with Gasteiger partial charge in [-0.3, -0.25) is 0 Å². The first-order valence-electron chi connectivity index (χ1n) is 4.86. The van der Waals surface area contributed by atoms with Crippen molar-refractivity contribution in [3.8, 4) is 0 Å². The Balaban J connectivity index is 3.18. The van der Waals surface area contributed by atoms with Crippen LogP contribution in [0.3, 0.4) is 0 Å². The molecule has 0 radical (unpaired) electrons. The summed E-state index contributed by atoms with van der Waals surface area (Å²) < 4.78 is 0. The van der Waals surface area contributed by atoms with Crippen LogP contribution in [0.25, 0.3) is 0 Å². The second-order valence-electron chi connectivity index (χ2n) is 3.62. The summed E-state index contributed by atoms with van der Waals surface area (Å²) in [5, 5.41) is 0. The Bertz CT molecular complexity index is 101. The summed E-state index contributed by atoms with van der Waals surface area (Å²) in [4.78, 5) is 0. The van der Waals surface area contributed by atoms with Gasteiger partial charge in [0, 0.05) is 0 Å². The highest BCUT2D eigenvalue weighted by Gasteiger charge is 1.98. The molecule has 0 saturated carbocycles. The summed E-state index contributed by atoms with van der Waals surface area (Å²) in [6.07, 6.45) is 6.66. The fourth-order valence-electron chi connectivity index (χ4n) is 1.07. The third kappa shape index (κ3) is 6.15. The monoisotopic (exact) mass is 154 g/mol. The van der Waals surface area contributed by atoms with Crippen LogP contribution in [0.5, 0.6) is 0 Å². The van der Waals surface area contributed by atoms with Gasteiger partial charge in [-0.15, -0.1) is 0 Å². The first-order chi connectivity index (χ1) is 5.18. The average molecular weight is 154 g/mol. The lowest BCUT2D eigenvalue weighted by Crippen LogP contribution is -1.91. The summed E-state index contributed by atoms with van der Waals surface area (Å²) in [5.74, 6) is 0.677. The molecule has 0 fully saturated rings. The Morgan fingerprint density at radius 2 is 1.82 bits per heavy atom. The third-order valence-corrected chi connectivity index (χ3v) is 2.17. The smallest absolute Gasteiger partial charge is 0.0263 e. The Morgan fingerprint density at radius 1 is 1.18 bits per heavy atom. The second kappa shape index (κ2) is 6.45. The summed E-state index contributed by atoms with van der Waals surface area (Å²) in [7, 11) is 0. The van der Waals surface area contributed by atoms with E-state index >= 15 is 0 Å². The van der Waals surface area contributed by atoms with Gasteiger partial charge in [0.2, 0.25) is 0 Å². The first kappa shape index (κ1) is 10.7. The van der Waals surface area contributed by atoms with Gasteiger partial charge >= 0.3 is 0 Å². The van der Waals surface area contributed by atoms with Crippen LogP contribution in [-0.4, -0.2) is 0 Å². The third-order valence-electron chi connectivity index (χ3n) is 2.17. The standard InChI is InChI=1S/C11H22/c1-5-6-7-8-9-11(4)10(2)3/h10H,4-9H2,1-3H3. The zero-order valence-electron chi connectivity index (χ0n) is 8.32. The molecule has 0 aromatic carbocycles. The van der Waals surface area contributed by atoms with E-state index < -0.39 is 0 Å². The molecule has 0 unspecified atom stereocenters. The molecule has 0 saturated heterocycles. The lowest BCUT2D eigenvalue weighted by molar-refractivity contribution is 0.627. The highest BCUT2D eigenvalue weighted by molar-refractivity contribution is 4.96. The van der Waals surface area contributed by atoms with E-state index in [0.717, 1.165) is 0 Å². The summed E-state index contributed by atoms with van der Waals surface area (Å²) >= 11 is 0. The van der Waals surface area contributed by atoms with Crippen LogP contribution < -0.4 is 0 Å². The van der Waals surface area contributed by atoms with E-state index in [9.17, 15) is 0 Å². The normalized spacial score (nSPS) is 10.5. The lowest BCUT2D eigenvalue weighted by Gasteiger charge is -2.07. The van der Waals surface area contributed by atoms with Crippen molar-refractivity contribution in [2.45, 2.75) is 52.9 Å². The molecule has 0 bridgehead atoms. The van der Waals surface area contributed by atoms with E-state index in [0.29, 0.717) is 5.92 Å². The Kier molecular flexibility index (Phi) is 6.30. The molecule has 0 nitrogen and oxygen atoms in total. The predicted octanol–water partition coefficient (Wildman–Crippen LogP) is 4.17. The molecule has 0 aliphatic carbocycles. The van der Waals surface area contributed by atoms with Crippen LogP contribution in [0.1, 0.15) is 52.9 Å². The number of rotatable bonds is 6. The van der Waals surface area contributed by atoms with Crippen molar-refractivity contribution in [1.29, 1.82) is 0 Å². The highest BCUT2D eigenvalue weighted by atomic mass is 14.0. The largest absolute Gasteiger partial charge is 0.0996 e. The highest BCUT2D eigenvalue weighted by Crippen LogP contribution is 2.15. The maximum absolute atomic E-state index is 4.05. The van der Waals surface area contributed by atoms with Crippen molar-refractivity contribution < 1.29 is 0 Å². The van der Waals surface area contributed by atoms with Gasteiger partial charge in [-0.05, 0) is 18.8 Å². The van der Waals surface area contributed by atoms with Gasteiger partial charge in [0.1, 0.15) is 0 Å². The van der Waals surface area contributed by atoms with Crippen LogP contribution >= 0.6 is 0 Å². The summed E-state index contributed by atoms with van der Waals surface area (Å²) in [6.45, 7) is 10.7. The van der Waals surface area contributed by atoms with Gasteiger partial charge in [0.05, 0.1) is 0 Å². The Hall–Kier alpha value is -0.260. The molecule has 0 rings (SSSR count). The number of unbranched alkanes of at least 4 members (excludes halogenated alkanes) is 3. The number of hydrogen-bond donors (Lipinski definition) is 0. The minimum absolute atomic E-state index is 0.677.